The number of hydrogen-bond acceptors (Lipinski definition) is 6. The summed E-state index contributed by atoms with van der Waals surface area (Å²) in [7, 11) is 0. The molecular formula is C27H24F5NO5S. The van der Waals surface area contributed by atoms with Crippen LogP contribution in [0.4, 0.5) is 27.6 Å². The van der Waals surface area contributed by atoms with Crippen LogP contribution >= 0.6 is 11.8 Å². The molecule has 1 saturated heterocycles. The Labute approximate surface area is 224 Å². The number of aliphatic hydroxyl groups excluding tert-OH is 2. The Balaban J connectivity index is 1.57. The second kappa shape index (κ2) is 12.9. The van der Waals surface area contributed by atoms with Crippen molar-refractivity contribution in [3.63, 3.8) is 0 Å². The second-order valence-corrected chi connectivity index (χ2v) is 9.82. The lowest BCUT2D eigenvalue weighted by atomic mass is 10.0. The van der Waals surface area contributed by atoms with Crippen LogP contribution in [0.2, 0.25) is 0 Å². The van der Waals surface area contributed by atoms with E-state index >= 15 is 0 Å². The Morgan fingerprint density at radius 1 is 0.897 bits per heavy atom. The molecule has 0 aromatic heterocycles. The van der Waals surface area contributed by atoms with E-state index < -0.39 is 53.0 Å². The Morgan fingerprint density at radius 3 is 2.21 bits per heavy atom. The molecule has 0 spiro atoms. The highest BCUT2D eigenvalue weighted by Gasteiger charge is 2.33. The van der Waals surface area contributed by atoms with Gasteiger partial charge >= 0.3 is 0 Å². The van der Waals surface area contributed by atoms with Crippen LogP contribution in [0.3, 0.4) is 0 Å². The first-order valence-corrected chi connectivity index (χ1v) is 13.0. The Bertz CT molecular complexity index is 1300. The largest absolute Gasteiger partial charge is 0.396 e. The van der Waals surface area contributed by atoms with E-state index in [4.69, 9.17) is 14.6 Å². The summed E-state index contributed by atoms with van der Waals surface area (Å²) >= 11 is 1.50. The first-order valence-electron chi connectivity index (χ1n) is 11.9. The van der Waals surface area contributed by atoms with E-state index in [0.717, 1.165) is 11.1 Å². The lowest BCUT2D eigenvalue weighted by Gasteiger charge is -2.36. The first-order chi connectivity index (χ1) is 18.7. The minimum Gasteiger partial charge on any atom is -0.396 e. The molecule has 1 heterocycles. The summed E-state index contributed by atoms with van der Waals surface area (Å²) in [4.78, 5) is 12.5. The fourth-order valence-electron chi connectivity index (χ4n) is 4.06. The van der Waals surface area contributed by atoms with Gasteiger partial charge in [0.25, 0.3) is 5.91 Å². The van der Waals surface area contributed by atoms with Gasteiger partial charge in [0.15, 0.2) is 29.6 Å². The SMILES string of the molecule is O=C(Nc1cccc([C@H]2O[C@@H](CSCCO)C[C@@H](c3ccc(CO)cc3)O2)c1)c1c(F)c(F)c(F)c(F)c1F. The van der Waals surface area contributed by atoms with E-state index in [1.807, 2.05) is 12.1 Å². The highest BCUT2D eigenvalue weighted by Crippen LogP contribution is 2.39. The predicted molar refractivity (Wildman–Crippen MR) is 133 cm³/mol. The molecule has 1 fully saturated rings. The average molecular weight is 570 g/mol. The van der Waals surface area contributed by atoms with Crippen LogP contribution in [-0.2, 0) is 16.1 Å². The topological polar surface area (TPSA) is 88.0 Å². The summed E-state index contributed by atoms with van der Waals surface area (Å²) in [6, 6.07) is 13.1. The molecule has 39 heavy (non-hydrogen) atoms. The normalized spacial score (nSPS) is 19.2. The third kappa shape index (κ3) is 6.59. The summed E-state index contributed by atoms with van der Waals surface area (Å²) in [5, 5.41) is 20.6. The lowest BCUT2D eigenvalue weighted by molar-refractivity contribution is -0.245. The van der Waals surface area contributed by atoms with Gasteiger partial charge in [-0.25, -0.2) is 22.0 Å². The lowest BCUT2D eigenvalue weighted by Crippen LogP contribution is -2.31. The standard InChI is InChI=1S/C27H24F5NO5S/c28-21-20(22(29)24(31)25(32)23(21)30)26(36)33-17-3-1-2-16(10-17)27-37-18(13-39-9-8-34)11-19(38-27)15-6-4-14(12-35)5-7-15/h1-7,10,18-19,27,34-35H,8-9,11-13H2,(H,33,36)/t18-,19+,27+/m1/s1. The number of amides is 1. The van der Waals surface area contributed by atoms with Gasteiger partial charge in [0, 0.05) is 29.2 Å². The van der Waals surface area contributed by atoms with E-state index in [0.29, 0.717) is 23.5 Å². The fourth-order valence-corrected chi connectivity index (χ4v) is 4.84. The summed E-state index contributed by atoms with van der Waals surface area (Å²) in [6.07, 6.45) is -1.10. The smallest absolute Gasteiger partial charge is 0.261 e. The van der Waals surface area contributed by atoms with Crippen LogP contribution < -0.4 is 5.32 Å². The highest BCUT2D eigenvalue weighted by molar-refractivity contribution is 7.99. The summed E-state index contributed by atoms with van der Waals surface area (Å²) in [5.41, 5.74) is 0.408. The number of rotatable bonds is 9. The third-order valence-corrected chi connectivity index (χ3v) is 7.09. The zero-order valence-corrected chi connectivity index (χ0v) is 21.1. The number of benzene rings is 3. The van der Waals surface area contributed by atoms with Crippen molar-refractivity contribution in [1.82, 2.24) is 0 Å². The number of halogens is 5. The van der Waals surface area contributed by atoms with Crippen LogP contribution in [0, 0.1) is 29.1 Å². The Kier molecular flexibility index (Phi) is 9.57. The molecule has 0 unspecified atom stereocenters. The zero-order chi connectivity index (χ0) is 28.1. The van der Waals surface area contributed by atoms with Gasteiger partial charge in [0.1, 0.15) is 5.56 Å². The molecule has 0 bridgehead atoms. The van der Waals surface area contributed by atoms with E-state index in [2.05, 4.69) is 5.32 Å². The molecule has 3 aromatic carbocycles. The monoisotopic (exact) mass is 569 g/mol. The third-order valence-electron chi connectivity index (χ3n) is 6.01. The molecule has 1 amide bonds. The summed E-state index contributed by atoms with van der Waals surface area (Å²) in [6.45, 7) is -0.102. The van der Waals surface area contributed by atoms with Gasteiger partial charge in [-0.3, -0.25) is 4.79 Å². The van der Waals surface area contributed by atoms with E-state index in [1.54, 1.807) is 18.2 Å². The Hall–Kier alpha value is -3.03. The molecule has 0 aliphatic carbocycles. The van der Waals surface area contributed by atoms with Crippen LogP contribution in [0.25, 0.3) is 0 Å². The summed E-state index contributed by atoms with van der Waals surface area (Å²) in [5.74, 6) is -11.7. The number of ether oxygens (including phenoxy) is 2. The van der Waals surface area contributed by atoms with Crippen LogP contribution in [0.15, 0.2) is 48.5 Å². The minimum absolute atomic E-state index is 0.00809. The molecule has 12 heteroatoms. The zero-order valence-electron chi connectivity index (χ0n) is 20.3. The van der Waals surface area contributed by atoms with E-state index in [9.17, 15) is 31.9 Å². The minimum atomic E-state index is -2.36. The number of carbonyl (C=O) groups is 1. The van der Waals surface area contributed by atoms with Crippen LogP contribution in [-0.4, -0.2) is 40.3 Å². The van der Waals surface area contributed by atoms with Crippen LogP contribution in [0.1, 0.15) is 45.9 Å². The van der Waals surface area contributed by atoms with Gasteiger partial charge in [-0.2, -0.15) is 11.8 Å². The van der Waals surface area contributed by atoms with Crippen molar-refractivity contribution in [3.8, 4) is 0 Å². The molecule has 3 N–H and O–H groups in total. The van der Waals surface area contributed by atoms with Gasteiger partial charge in [-0.15, -0.1) is 0 Å². The maximum atomic E-state index is 14.1. The molecule has 3 aromatic rings. The van der Waals surface area contributed by atoms with Crippen molar-refractivity contribution in [2.75, 3.05) is 23.4 Å². The maximum absolute atomic E-state index is 14.1. The summed E-state index contributed by atoms with van der Waals surface area (Å²) < 4.78 is 81.0. The average Bonchev–Trinajstić information content (AvgIpc) is 2.95. The molecule has 1 aliphatic heterocycles. The van der Waals surface area contributed by atoms with E-state index in [1.165, 1.54) is 30.0 Å². The van der Waals surface area contributed by atoms with Gasteiger partial charge in [-0.1, -0.05) is 36.4 Å². The predicted octanol–water partition coefficient (Wildman–Crippen LogP) is 5.40. The number of anilines is 1. The van der Waals surface area contributed by atoms with E-state index in [-0.39, 0.29) is 25.0 Å². The van der Waals surface area contributed by atoms with Gasteiger partial charge < -0.3 is 25.0 Å². The molecule has 3 atom stereocenters. The number of thioether (sulfide) groups is 1. The maximum Gasteiger partial charge on any atom is 0.261 e. The number of aliphatic hydroxyl groups is 2. The molecule has 4 rings (SSSR count). The van der Waals surface area contributed by atoms with Gasteiger partial charge in [0.2, 0.25) is 5.82 Å². The first kappa shape index (κ1) is 29.0. The molecule has 208 valence electrons. The molecule has 1 aliphatic rings. The van der Waals surface area contributed by atoms with Gasteiger partial charge in [-0.05, 0) is 23.3 Å². The van der Waals surface area contributed by atoms with Crippen molar-refractivity contribution in [2.45, 2.75) is 31.5 Å². The number of nitrogens with one attached hydrogen (secondary N) is 1. The van der Waals surface area contributed by atoms with Crippen LogP contribution in [0.5, 0.6) is 0 Å². The quantitative estimate of drug-likeness (QED) is 0.139. The number of hydrogen-bond donors (Lipinski definition) is 3. The van der Waals surface area contributed by atoms with Crippen molar-refractivity contribution in [3.05, 3.63) is 99.9 Å². The molecular weight excluding hydrogens is 545 g/mol. The fraction of sp³-hybridized carbons (Fsp3) is 0.296. The van der Waals surface area contributed by atoms with Crippen molar-refractivity contribution < 1.29 is 46.4 Å². The molecule has 0 saturated carbocycles. The van der Waals surface area contributed by atoms with Crippen molar-refractivity contribution in [2.24, 2.45) is 0 Å². The molecule has 6 nitrogen and oxygen atoms in total. The highest BCUT2D eigenvalue weighted by atomic mass is 32.2. The van der Waals surface area contributed by atoms with Crippen molar-refractivity contribution >= 4 is 23.4 Å². The van der Waals surface area contributed by atoms with Crippen molar-refractivity contribution in [1.29, 1.82) is 0 Å². The second-order valence-electron chi connectivity index (χ2n) is 8.67. The Morgan fingerprint density at radius 2 is 1.56 bits per heavy atom. The molecule has 0 radical (unpaired) electrons. The van der Waals surface area contributed by atoms with Gasteiger partial charge in [0.05, 0.1) is 25.4 Å². The number of carbonyl (C=O) groups excluding carboxylic acids is 1.